The molecule has 0 heterocycles. The Balaban J connectivity index is 2.00. The second kappa shape index (κ2) is 7.50. The monoisotopic (exact) mass is 298 g/mol. The van der Waals surface area contributed by atoms with Crippen LogP contribution in [0.1, 0.15) is 13.3 Å². The van der Waals surface area contributed by atoms with Gasteiger partial charge in [0.15, 0.2) is 6.10 Å². The Hall–Kier alpha value is -2.49. The number of carbonyl (C=O) groups is 1. The molecule has 4 nitrogen and oxygen atoms in total. The number of amides is 1. The maximum Gasteiger partial charge on any atom is 0.265 e. The van der Waals surface area contributed by atoms with Crippen molar-refractivity contribution in [1.29, 1.82) is 0 Å². The highest BCUT2D eigenvalue weighted by atomic mass is 16.5. The number of carbonyl (C=O) groups excluding carboxylic acids is 1. The van der Waals surface area contributed by atoms with Gasteiger partial charge in [-0.25, -0.2) is 0 Å². The fourth-order valence-electron chi connectivity index (χ4n) is 2.05. The van der Waals surface area contributed by atoms with E-state index in [2.05, 4.69) is 5.32 Å². The quantitative estimate of drug-likeness (QED) is 0.886. The number of hydrogen-bond acceptors (Lipinski definition) is 3. The molecule has 1 atom stereocenters. The normalized spacial score (nSPS) is 11.6. The molecule has 0 saturated carbocycles. The molecule has 116 valence electrons. The Bertz CT molecular complexity index is 594. The molecule has 22 heavy (non-hydrogen) atoms. The number of rotatable bonds is 6. The molecule has 0 aliphatic heterocycles. The summed E-state index contributed by atoms with van der Waals surface area (Å²) < 4.78 is 5.74. The van der Waals surface area contributed by atoms with Gasteiger partial charge in [0.1, 0.15) is 5.75 Å². The molecule has 0 bridgehead atoms. The molecule has 2 rings (SSSR count). The molecule has 0 unspecified atom stereocenters. The summed E-state index contributed by atoms with van der Waals surface area (Å²) in [5.41, 5.74) is 1.86. The van der Waals surface area contributed by atoms with Crippen LogP contribution >= 0.6 is 0 Å². The smallest absolute Gasteiger partial charge is 0.265 e. The zero-order chi connectivity index (χ0) is 15.9. The lowest BCUT2D eigenvalue weighted by atomic mass is 10.2. The van der Waals surface area contributed by atoms with E-state index in [0.29, 0.717) is 12.2 Å². The first kappa shape index (κ1) is 15.9. The SMILES string of the molecule is CC[C@@H](Oc1ccccc1)C(=O)Nc1ccc(N(C)C)cc1. The van der Waals surface area contributed by atoms with Gasteiger partial charge in [-0.15, -0.1) is 0 Å². The van der Waals surface area contributed by atoms with Crippen molar-refractivity contribution in [2.75, 3.05) is 24.3 Å². The van der Waals surface area contributed by atoms with E-state index in [1.807, 2.05) is 80.5 Å². The molecule has 2 aromatic rings. The third-order valence-corrected chi connectivity index (χ3v) is 3.34. The van der Waals surface area contributed by atoms with E-state index in [4.69, 9.17) is 4.74 Å². The van der Waals surface area contributed by atoms with Gasteiger partial charge >= 0.3 is 0 Å². The van der Waals surface area contributed by atoms with Gasteiger partial charge in [0.2, 0.25) is 0 Å². The lowest BCUT2D eigenvalue weighted by Crippen LogP contribution is -2.32. The Kier molecular flexibility index (Phi) is 5.42. The van der Waals surface area contributed by atoms with E-state index < -0.39 is 6.10 Å². The number of para-hydroxylation sites is 1. The van der Waals surface area contributed by atoms with Crippen LogP contribution in [0.4, 0.5) is 11.4 Å². The average molecular weight is 298 g/mol. The van der Waals surface area contributed by atoms with Gasteiger partial charge in [-0.1, -0.05) is 25.1 Å². The first-order valence-electron chi connectivity index (χ1n) is 7.40. The van der Waals surface area contributed by atoms with Crippen LogP contribution in [0, 0.1) is 0 Å². The molecule has 2 aromatic carbocycles. The second-order valence-corrected chi connectivity index (χ2v) is 5.26. The minimum atomic E-state index is -0.504. The highest BCUT2D eigenvalue weighted by Crippen LogP contribution is 2.17. The van der Waals surface area contributed by atoms with Crippen LogP contribution < -0.4 is 15.0 Å². The standard InChI is InChI=1S/C18H22N2O2/c1-4-17(22-16-8-6-5-7-9-16)18(21)19-14-10-12-15(13-11-14)20(2)3/h5-13,17H,4H2,1-3H3,(H,19,21)/t17-/m1/s1. The summed E-state index contributed by atoms with van der Waals surface area (Å²) in [7, 11) is 3.96. The molecule has 0 radical (unpaired) electrons. The summed E-state index contributed by atoms with van der Waals surface area (Å²) in [6, 6.07) is 17.1. The Morgan fingerprint density at radius 2 is 1.73 bits per heavy atom. The van der Waals surface area contributed by atoms with Gasteiger partial charge in [0, 0.05) is 25.5 Å². The van der Waals surface area contributed by atoms with Gasteiger partial charge in [0.05, 0.1) is 0 Å². The van der Waals surface area contributed by atoms with Crippen molar-refractivity contribution < 1.29 is 9.53 Å². The van der Waals surface area contributed by atoms with Crippen LogP contribution in [-0.2, 0) is 4.79 Å². The second-order valence-electron chi connectivity index (χ2n) is 5.26. The van der Waals surface area contributed by atoms with Crippen molar-refractivity contribution in [1.82, 2.24) is 0 Å². The zero-order valence-electron chi connectivity index (χ0n) is 13.2. The van der Waals surface area contributed by atoms with Crippen molar-refractivity contribution in [3.05, 3.63) is 54.6 Å². The number of nitrogens with one attached hydrogen (secondary N) is 1. The van der Waals surface area contributed by atoms with Gasteiger partial charge in [-0.2, -0.15) is 0 Å². The number of nitrogens with zero attached hydrogens (tertiary/aromatic N) is 1. The fourth-order valence-corrected chi connectivity index (χ4v) is 2.05. The number of benzene rings is 2. The molecule has 4 heteroatoms. The van der Waals surface area contributed by atoms with E-state index in [-0.39, 0.29) is 5.91 Å². The molecule has 0 aromatic heterocycles. The Morgan fingerprint density at radius 1 is 1.09 bits per heavy atom. The van der Waals surface area contributed by atoms with Gasteiger partial charge in [0.25, 0.3) is 5.91 Å². The summed E-state index contributed by atoms with van der Waals surface area (Å²) in [5.74, 6) is 0.566. The topological polar surface area (TPSA) is 41.6 Å². The van der Waals surface area contributed by atoms with Gasteiger partial charge in [-0.05, 0) is 42.8 Å². The Morgan fingerprint density at radius 3 is 2.27 bits per heavy atom. The van der Waals surface area contributed by atoms with Crippen LogP contribution in [0.25, 0.3) is 0 Å². The Labute approximate surface area is 131 Å². The lowest BCUT2D eigenvalue weighted by molar-refractivity contribution is -0.122. The molecular formula is C18H22N2O2. The summed E-state index contributed by atoms with van der Waals surface area (Å²) in [5, 5.41) is 2.90. The average Bonchev–Trinajstić information content (AvgIpc) is 2.54. The third-order valence-electron chi connectivity index (χ3n) is 3.34. The molecule has 0 saturated heterocycles. The minimum Gasteiger partial charge on any atom is -0.481 e. The van der Waals surface area contributed by atoms with E-state index in [1.165, 1.54) is 0 Å². The molecule has 0 aliphatic carbocycles. The van der Waals surface area contributed by atoms with Crippen LogP contribution in [0.5, 0.6) is 5.75 Å². The van der Waals surface area contributed by atoms with Crippen LogP contribution in [-0.4, -0.2) is 26.1 Å². The third kappa shape index (κ3) is 4.25. The maximum atomic E-state index is 12.3. The van der Waals surface area contributed by atoms with Crippen molar-refractivity contribution >= 4 is 17.3 Å². The lowest BCUT2D eigenvalue weighted by Gasteiger charge is -2.18. The molecule has 0 spiro atoms. The maximum absolute atomic E-state index is 12.3. The number of hydrogen-bond donors (Lipinski definition) is 1. The van der Waals surface area contributed by atoms with Crippen molar-refractivity contribution in [3.8, 4) is 5.75 Å². The highest BCUT2D eigenvalue weighted by molar-refractivity contribution is 5.94. The summed E-state index contributed by atoms with van der Waals surface area (Å²) >= 11 is 0. The van der Waals surface area contributed by atoms with E-state index in [9.17, 15) is 4.79 Å². The first-order chi connectivity index (χ1) is 10.6. The predicted octanol–water partition coefficient (Wildman–Crippen LogP) is 3.55. The largest absolute Gasteiger partial charge is 0.481 e. The predicted molar refractivity (Wildman–Crippen MR) is 90.5 cm³/mol. The van der Waals surface area contributed by atoms with Crippen LogP contribution in [0.3, 0.4) is 0 Å². The van der Waals surface area contributed by atoms with Crippen molar-refractivity contribution in [2.45, 2.75) is 19.4 Å². The summed E-state index contributed by atoms with van der Waals surface area (Å²) in [6.07, 6.45) is 0.104. The zero-order valence-corrected chi connectivity index (χ0v) is 13.2. The van der Waals surface area contributed by atoms with E-state index >= 15 is 0 Å². The van der Waals surface area contributed by atoms with Crippen LogP contribution in [0.2, 0.25) is 0 Å². The molecule has 1 N–H and O–H groups in total. The minimum absolute atomic E-state index is 0.135. The van der Waals surface area contributed by atoms with Gasteiger partial charge in [-0.3, -0.25) is 4.79 Å². The summed E-state index contributed by atoms with van der Waals surface area (Å²) in [6.45, 7) is 1.93. The van der Waals surface area contributed by atoms with Crippen molar-refractivity contribution in [2.24, 2.45) is 0 Å². The highest BCUT2D eigenvalue weighted by Gasteiger charge is 2.18. The first-order valence-corrected chi connectivity index (χ1v) is 7.40. The van der Waals surface area contributed by atoms with Crippen molar-refractivity contribution in [3.63, 3.8) is 0 Å². The van der Waals surface area contributed by atoms with E-state index in [0.717, 1.165) is 11.4 Å². The van der Waals surface area contributed by atoms with Gasteiger partial charge < -0.3 is 15.0 Å². The summed E-state index contributed by atoms with van der Waals surface area (Å²) in [4.78, 5) is 14.3. The fraction of sp³-hybridized carbons (Fsp3) is 0.278. The van der Waals surface area contributed by atoms with E-state index in [1.54, 1.807) is 0 Å². The molecule has 1 amide bonds. The molecule has 0 aliphatic rings. The molecule has 0 fully saturated rings. The number of anilines is 2. The van der Waals surface area contributed by atoms with Crippen LogP contribution in [0.15, 0.2) is 54.6 Å². The molecular weight excluding hydrogens is 276 g/mol. The number of ether oxygens (including phenoxy) is 1.